The van der Waals surface area contributed by atoms with Crippen molar-refractivity contribution in [1.82, 2.24) is 39.7 Å². The summed E-state index contributed by atoms with van der Waals surface area (Å²) >= 11 is 0. The second-order valence-corrected chi connectivity index (χ2v) is 11.0. The number of anilines is 2. The van der Waals surface area contributed by atoms with Gasteiger partial charge < -0.3 is 15.2 Å². The fraction of sp³-hybridized carbons (Fsp3) is 0.444. The molecule has 6 heterocycles. The van der Waals surface area contributed by atoms with Gasteiger partial charge in [-0.25, -0.2) is 29.3 Å². The Morgan fingerprint density at radius 2 is 1.81 bits per heavy atom. The van der Waals surface area contributed by atoms with Crippen LogP contribution in [0.4, 0.5) is 16.2 Å². The van der Waals surface area contributed by atoms with E-state index in [4.69, 9.17) is 0 Å². The van der Waals surface area contributed by atoms with E-state index in [9.17, 15) is 4.39 Å². The van der Waals surface area contributed by atoms with Crippen LogP contribution in [0.3, 0.4) is 0 Å². The van der Waals surface area contributed by atoms with Crippen molar-refractivity contribution in [3.05, 3.63) is 54.0 Å². The number of rotatable bonds is 5. The zero-order chi connectivity index (χ0) is 25.7. The molecule has 0 radical (unpaired) electrons. The maximum Gasteiger partial charge on any atom is 0.229 e. The van der Waals surface area contributed by atoms with Crippen LogP contribution in [0.5, 0.6) is 0 Å². The second kappa shape index (κ2) is 9.11. The number of piperazine rings is 1. The van der Waals surface area contributed by atoms with Gasteiger partial charge in [-0.15, -0.1) is 0 Å². The minimum atomic E-state index is -0.515. The SMILES string of the molecule is Cc1nc2ncc(-c3nc(Nc4ccc(CN5C6CCC5CNC6)cn4)ncc3F)cc2n1C(C)(C)C. The number of nitrogens with one attached hydrogen (secondary N) is 2. The lowest BCUT2D eigenvalue weighted by atomic mass is 10.1. The topological polar surface area (TPSA) is 96.7 Å². The molecule has 192 valence electrons. The molecule has 2 aliphatic rings. The number of aromatic nitrogens is 6. The molecule has 9 nitrogen and oxygen atoms in total. The molecule has 4 aromatic heterocycles. The Bertz CT molecular complexity index is 1430. The predicted molar refractivity (Wildman–Crippen MR) is 141 cm³/mol. The van der Waals surface area contributed by atoms with Gasteiger partial charge in [0.25, 0.3) is 0 Å². The molecule has 2 N–H and O–H groups in total. The van der Waals surface area contributed by atoms with E-state index in [-0.39, 0.29) is 17.2 Å². The van der Waals surface area contributed by atoms with E-state index in [1.165, 1.54) is 24.6 Å². The van der Waals surface area contributed by atoms with Gasteiger partial charge in [0.05, 0.1) is 11.7 Å². The van der Waals surface area contributed by atoms with Gasteiger partial charge in [0, 0.05) is 55.2 Å². The highest BCUT2D eigenvalue weighted by molar-refractivity contribution is 5.78. The minimum Gasteiger partial charge on any atom is -0.321 e. The van der Waals surface area contributed by atoms with E-state index in [1.807, 2.05) is 25.3 Å². The zero-order valence-electron chi connectivity index (χ0n) is 21.7. The molecule has 2 atom stereocenters. The first-order chi connectivity index (χ1) is 17.8. The highest BCUT2D eigenvalue weighted by Gasteiger charge is 2.36. The standard InChI is InChI=1S/C27H32FN9/c1-16-33-25-22(37(16)27(2,3)4)9-18(11-31-25)24-21(28)14-32-26(35-24)34-23-8-5-17(10-30-23)15-36-19-6-7-20(36)13-29-12-19/h5,8-11,14,19-20,29H,6-7,12-13,15H2,1-4H3,(H,30,32,34,35). The molecule has 2 fully saturated rings. The molecule has 37 heavy (non-hydrogen) atoms. The number of halogens is 1. The summed E-state index contributed by atoms with van der Waals surface area (Å²) in [5.74, 6) is 1.23. The van der Waals surface area contributed by atoms with Crippen LogP contribution in [0.15, 0.2) is 36.8 Å². The Balaban J connectivity index is 1.23. The van der Waals surface area contributed by atoms with Crippen LogP contribution in [0, 0.1) is 12.7 Å². The number of fused-ring (bicyclic) bond motifs is 3. The number of imidazole rings is 1. The van der Waals surface area contributed by atoms with Crippen LogP contribution >= 0.6 is 0 Å². The van der Waals surface area contributed by atoms with Crippen LogP contribution in [-0.2, 0) is 12.1 Å². The first-order valence-electron chi connectivity index (χ1n) is 12.8. The summed E-state index contributed by atoms with van der Waals surface area (Å²) in [6, 6.07) is 7.11. The quantitative estimate of drug-likeness (QED) is 0.421. The first kappa shape index (κ1) is 23.9. The maximum atomic E-state index is 14.8. The molecule has 2 unspecified atom stereocenters. The van der Waals surface area contributed by atoms with Gasteiger partial charge in [-0.3, -0.25) is 4.90 Å². The monoisotopic (exact) mass is 501 g/mol. The molecule has 0 aromatic carbocycles. The Morgan fingerprint density at radius 1 is 1.03 bits per heavy atom. The molecule has 0 spiro atoms. The van der Waals surface area contributed by atoms with Crippen LogP contribution < -0.4 is 10.6 Å². The Morgan fingerprint density at radius 3 is 2.51 bits per heavy atom. The average Bonchev–Trinajstić information content (AvgIpc) is 3.30. The van der Waals surface area contributed by atoms with Crippen LogP contribution in [0.25, 0.3) is 22.4 Å². The van der Waals surface area contributed by atoms with Crippen molar-refractivity contribution in [3.8, 4) is 11.3 Å². The number of hydrogen-bond donors (Lipinski definition) is 2. The summed E-state index contributed by atoms with van der Waals surface area (Å²) in [7, 11) is 0. The van der Waals surface area contributed by atoms with Crippen LogP contribution in [0.1, 0.15) is 45.0 Å². The summed E-state index contributed by atoms with van der Waals surface area (Å²) in [6.07, 6.45) is 7.19. The second-order valence-electron chi connectivity index (χ2n) is 11.0. The van der Waals surface area contributed by atoms with Gasteiger partial charge in [0.15, 0.2) is 11.5 Å². The lowest BCUT2D eigenvalue weighted by Gasteiger charge is -2.35. The molecule has 6 rings (SSSR count). The zero-order valence-corrected chi connectivity index (χ0v) is 21.7. The van der Waals surface area contributed by atoms with Gasteiger partial charge in [-0.05, 0) is 58.2 Å². The van der Waals surface area contributed by atoms with Crippen LogP contribution in [-0.4, -0.2) is 59.6 Å². The molecule has 10 heteroatoms. The summed E-state index contributed by atoms with van der Waals surface area (Å²) in [5, 5.41) is 6.64. The Labute approximate surface area is 215 Å². The van der Waals surface area contributed by atoms with E-state index >= 15 is 0 Å². The van der Waals surface area contributed by atoms with E-state index in [2.05, 4.69) is 71.9 Å². The molecule has 2 aliphatic heterocycles. The van der Waals surface area contributed by atoms with Gasteiger partial charge >= 0.3 is 0 Å². The molecule has 2 saturated heterocycles. The van der Waals surface area contributed by atoms with Gasteiger partial charge in [-0.2, -0.15) is 0 Å². The third kappa shape index (κ3) is 4.55. The summed E-state index contributed by atoms with van der Waals surface area (Å²) in [5.41, 5.74) is 3.19. The van der Waals surface area contributed by atoms with Gasteiger partial charge in [-0.1, -0.05) is 6.07 Å². The molecular formula is C27H32FN9. The molecular weight excluding hydrogens is 469 g/mol. The third-order valence-corrected chi connectivity index (χ3v) is 7.33. The molecule has 4 aromatic rings. The van der Waals surface area contributed by atoms with Crippen molar-refractivity contribution in [2.24, 2.45) is 0 Å². The van der Waals surface area contributed by atoms with Crippen LogP contribution in [0.2, 0.25) is 0 Å². The highest BCUT2D eigenvalue weighted by atomic mass is 19.1. The normalized spacial score (nSPS) is 20.0. The number of aryl methyl sites for hydroxylation is 1. The van der Waals surface area contributed by atoms with E-state index in [0.29, 0.717) is 29.1 Å². The van der Waals surface area contributed by atoms with Crippen molar-refractivity contribution in [3.63, 3.8) is 0 Å². The largest absolute Gasteiger partial charge is 0.321 e. The Kier molecular flexibility index (Phi) is 5.88. The molecule has 0 aliphatic carbocycles. The fourth-order valence-corrected chi connectivity index (χ4v) is 5.73. The summed E-state index contributed by atoms with van der Waals surface area (Å²) in [6.45, 7) is 11.3. The number of pyridine rings is 2. The first-order valence-corrected chi connectivity index (χ1v) is 12.8. The van der Waals surface area contributed by atoms with Gasteiger partial charge in [0.2, 0.25) is 5.95 Å². The van der Waals surface area contributed by atoms with E-state index < -0.39 is 5.82 Å². The van der Waals surface area contributed by atoms with Crippen molar-refractivity contribution in [2.45, 2.75) is 64.7 Å². The minimum absolute atomic E-state index is 0.178. The third-order valence-electron chi connectivity index (χ3n) is 7.33. The average molecular weight is 502 g/mol. The van der Waals surface area contributed by atoms with Crippen molar-refractivity contribution >= 4 is 22.9 Å². The number of hydrogen-bond acceptors (Lipinski definition) is 8. The maximum absolute atomic E-state index is 14.8. The predicted octanol–water partition coefficient (Wildman–Crippen LogP) is 4.17. The fourth-order valence-electron chi connectivity index (χ4n) is 5.73. The van der Waals surface area contributed by atoms with Crippen molar-refractivity contribution in [1.29, 1.82) is 0 Å². The lowest BCUT2D eigenvalue weighted by Crippen LogP contribution is -2.51. The molecule has 0 saturated carbocycles. The smallest absolute Gasteiger partial charge is 0.229 e. The molecule has 0 amide bonds. The molecule has 2 bridgehead atoms. The number of nitrogens with zero attached hydrogens (tertiary/aromatic N) is 7. The Hall–Kier alpha value is -3.50. The van der Waals surface area contributed by atoms with E-state index in [0.717, 1.165) is 31.0 Å². The van der Waals surface area contributed by atoms with Crippen molar-refractivity contribution < 1.29 is 4.39 Å². The van der Waals surface area contributed by atoms with E-state index in [1.54, 1.807) is 6.20 Å². The van der Waals surface area contributed by atoms with Gasteiger partial charge in [0.1, 0.15) is 17.3 Å². The van der Waals surface area contributed by atoms with Crippen molar-refractivity contribution in [2.75, 3.05) is 18.4 Å². The lowest BCUT2D eigenvalue weighted by molar-refractivity contribution is 0.145. The summed E-state index contributed by atoms with van der Waals surface area (Å²) in [4.78, 5) is 24.8. The summed E-state index contributed by atoms with van der Waals surface area (Å²) < 4.78 is 17.0. The highest BCUT2D eigenvalue weighted by Crippen LogP contribution is 2.30.